The summed E-state index contributed by atoms with van der Waals surface area (Å²) in [6, 6.07) is -0.277. The van der Waals surface area contributed by atoms with Crippen LogP contribution >= 0.6 is 0 Å². The van der Waals surface area contributed by atoms with Crippen molar-refractivity contribution in [3.8, 4) is 0 Å². The van der Waals surface area contributed by atoms with Crippen LogP contribution in [0.2, 0.25) is 0 Å². The maximum absolute atomic E-state index is 9.43. The Balaban J connectivity index is 3.05. The molecule has 5 nitrogen and oxygen atoms in total. The molecule has 0 aromatic carbocycles. The summed E-state index contributed by atoms with van der Waals surface area (Å²) in [6.07, 6.45) is 0. The van der Waals surface area contributed by atoms with Crippen LogP contribution in [0.5, 0.6) is 0 Å². The standard InChI is InChI=1S/C3H8N2O3/c1-3(4)2-8-5(6)7/h3H,2,4H2,1H3/t3-/m0/s1. The van der Waals surface area contributed by atoms with Crippen LogP contribution in [0.3, 0.4) is 0 Å². The first-order valence-electron chi connectivity index (χ1n) is 2.16. The van der Waals surface area contributed by atoms with Gasteiger partial charge in [0.25, 0.3) is 5.09 Å². The SMILES string of the molecule is C[C@H](N)CO[N+](=O)[O-]. The van der Waals surface area contributed by atoms with Gasteiger partial charge in [0.05, 0.1) is 0 Å². The van der Waals surface area contributed by atoms with E-state index in [0.29, 0.717) is 0 Å². The zero-order valence-corrected chi connectivity index (χ0v) is 4.53. The normalized spacial score (nSPS) is 12.8. The summed E-state index contributed by atoms with van der Waals surface area (Å²) in [5.41, 5.74) is 5.11. The van der Waals surface area contributed by atoms with Gasteiger partial charge in [0.1, 0.15) is 6.61 Å². The monoisotopic (exact) mass is 120 g/mol. The van der Waals surface area contributed by atoms with E-state index in [1.807, 2.05) is 0 Å². The van der Waals surface area contributed by atoms with Crippen molar-refractivity contribution in [1.29, 1.82) is 0 Å². The van der Waals surface area contributed by atoms with Crippen LogP contribution in [-0.4, -0.2) is 17.7 Å². The maximum atomic E-state index is 9.43. The van der Waals surface area contributed by atoms with E-state index in [1.54, 1.807) is 6.92 Å². The van der Waals surface area contributed by atoms with Gasteiger partial charge in [0, 0.05) is 6.04 Å². The van der Waals surface area contributed by atoms with Gasteiger partial charge in [-0.05, 0) is 6.92 Å². The van der Waals surface area contributed by atoms with Gasteiger partial charge in [0.2, 0.25) is 0 Å². The third kappa shape index (κ3) is 5.16. The molecule has 0 aromatic rings. The third-order valence-electron chi connectivity index (χ3n) is 0.443. The molecule has 0 unspecified atom stereocenters. The van der Waals surface area contributed by atoms with Gasteiger partial charge >= 0.3 is 0 Å². The number of nitrogens with two attached hydrogens (primary N) is 1. The molecule has 2 N–H and O–H groups in total. The van der Waals surface area contributed by atoms with Gasteiger partial charge in [-0.3, -0.25) is 0 Å². The smallest absolute Gasteiger partial charge is 0.294 e. The third-order valence-corrected chi connectivity index (χ3v) is 0.443. The van der Waals surface area contributed by atoms with Gasteiger partial charge in [0.15, 0.2) is 0 Å². The van der Waals surface area contributed by atoms with E-state index in [1.165, 1.54) is 0 Å². The van der Waals surface area contributed by atoms with Crippen molar-refractivity contribution in [2.24, 2.45) is 5.73 Å². The van der Waals surface area contributed by atoms with Crippen molar-refractivity contribution in [2.45, 2.75) is 13.0 Å². The van der Waals surface area contributed by atoms with Gasteiger partial charge in [-0.2, -0.15) is 0 Å². The first-order valence-corrected chi connectivity index (χ1v) is 2.16. The largest absolute Gasteiger partial charge is 0.326 e. The fraction of sp³-hybridized carbons (Fsp3) is 1.00. The molecule has 0 radical (unpaired) electrons. The molecule has 48 valence electrons. The van der Waals surface area contributed by atoms with E-state index in [2.05, 4.69) is 4.84 Å². The van der Waals surface area contributed by atoms with Crippen molar-refractivity contribution >= 4 is 0 Å². The van der Waals surface area contributed by atoms with Crippen LogP contribution in [0, 0.1) is 10.1 Å². The quantitative estimate of drug-likeness (QED) is 0.404. The molecule has 0 bridgehead atoms. The van der Waals surface area contributed by atoms with E-state index >= 15 is 0 Å². The minimum Gasteiger partial charge on any atom is -0.326 e. The summed E-state index contributed by atoms with van der Waals surface area (Å²) in [6.45, 7) is 1.59. The van der Waals surface area contributed by atoms with Crippen LogP contribution in [-0.2, 0) is 4.84 Å². The topological polar surface area (TPSA) is 78.4 Å². The molecule has 0 aliphatic carbocycles. The molecular formula is C3H8N2O3. The number of nitrogens with zero attached hydrogens (tertiary/aromatic N) is 1. The van der Waals surface area contributed by atoms with Gasteiger partial charge in [-0.25, -0.2) is 0 Å². The Bertz CT molecular complexity index is 82.6. The Labute approximate surface area is 46.5 Å². The summed E-state index contributed by atoms with van der Waals surface area (Å²) in [5.74, 6) is 0. The molecule has 0 aromatic heterocycles. The molecular weight excluding hydrogens is 112 g/mol. The summed E-state index contributed by atoms with van der Waals surface area (Å²) in [5, 5.41) is 8.57. The number of rotatable bonds is 3. The van der Waals surface area contributed by atoms with Gasteiger partial charge in [-0.15, -0.1) is 10.1 Å². The van der Waals surface area contributed by atoms with E-state index < -0.39 is 5.09 Å². The zero-order chi connectivity index (χ0) is 6.57. The van der Waals surface area contributed by atoms with Gasteiger partial charge < -0.3 is 10.6 Å². The molecule has 8 heavy (non-hydrogen) atoms. The Kier molecular flexibility index (Phi) is 2.86. The molecule has 0 heterocycles. The minimum absolute atomic E-state index is 0.0347. The molecule has 0 aliphatic heterocycles. The highest BCUT2D eigenvalue weighted by atomic mass is 16.9. The lowest BCUT2D eigenvalue weighted by Gasteiger charge is -1.99. The lowest BCUT2D eigenvalue weighted by molar-refractivity contribution is -0.758. The first-order chi connectivity index (χ1) is 3.63. The fourth-order valence-electron chi connectivity index (χ4n) is 0.178. The highest BCUT2D eigenvalue weighted by Gasteiger charge is 1.96. The van der Waals surface area contributed by atoms with E-state index in [0.717, 1.165) is 0 Å². The van der Waals surface area contributed by atoms with E-state index in [-0.39, 0.29) is 12.6 Å². The molecule has 0 spiro atoms. The molecule has 0 amide bonds. The zero-order valence-electron chi connectivity index (χ0n) is 4.53. The van der Waals surface area contributed by atoms with Gasteiger partial charge in [-0.1, -0.05) is 0 Å². The Morgan fingerprint density at radius 3 is 2.62 bits per heavy atom. The lowest BCUT2D eigenvalue weighted by Crippen LogP contribution is -2.23. The molecule has 5 heteroatoms. The average molecular weight is 120 g/mol. The van der Waals surface area contributed by atoms with Crippen molar-refractivity contribution in [3.63, 3.8) is 0 Å². The van der Waals surface area contributed by atoms with E-state index in [9.17, 15) is 10.1 Å². The Hall–Kier alpha value is -0.840. The number of hydrogen-bond donors (Lipinski definition) is 1. The second-order valence-corrected chi connectivity index (χ2v) is 1.50. The second kappa shape index (κ2) is 3.20. The predicted octanol–water partition coefficient (Wildman–Crippen LogP) is -0.458. The summed E-state index contributed by atoms with van der Waals surface area (Å²) < 4.78 is 0. The predicted molar refractivity (Wildman–Crippen MR) is 26.6 cm³/mol. The van der Waals surface area contributed by atoms with Crippen molar-refractivity contribution in [2.75, 3.05) is 6.61 Å². The molecule has 0 saturated heterocycles. The van der Waals surface area contributed by atoms with Crippen LogP contribution in [0.4, 0.5) is 0 Å². The average Bonchev–Trinajstić information content (AvgIpc) is 1.61. The maximum Gasteiger partial charge on any atom is 0.294 e. The minimum atomic E-state index is -0.858. The molecule has 0 aliphatic rings. The van der Waals surface area contributed by atoms with Crippen LogP contribution in [0.25, 0.3) is 0 Å². The molecule has 0 fully saturated rings. The van der Waals surface area contributed by atoms with Crippen molar-refractivity contribution in [1.82, 2.24) is 0 Å². The van der Waals surface area contributed by atoms with Crippen LogP contribution in [0.1, 0.15) is 6.92 Å². The van der Waals surface area contributed by atoms with Crippen LogP contribution < -0.4 is 5.73 Å². The Morgan fingerprint density at radius 2 is 2.50 bits per heavy atom. The number of hydrogen-bond acceptors (Lipinski definition) is 4. The van der Waals surface area contributed by atoms with Crippen molar-refractivity contribution in [3.05, 3.63) is 10.1 Å². The molecule has 0 saturated carbocycles. The highest BCUT2D eigenvalue weighted by Crippen LogP contribution is 1.77. The van der Waals surface area contributed by atoms with Crippen LogP contribution in [0.15, 0.2) is 0 Å². The molecule has 1 atom stereocenters. The lowest BCUT2D eigenvalue weighted by atomic mass is 10.4. The Morgan fingerprint density at radius 1 is 2.00 bits per heavy atom. The van der Waals surface area contributed by atoms with Crippen molar-refractivity contribution < 1.29 is 9.92 Å². The second-order valence-electron chi connectivity index (χ2n) is 1.50. The summed E-state index contributed by atoms with van der Waals surface area (Å²) in [4.78, 5) is 13.3. The fourth-order valence-corrected chi connectivity index (χ4v) is 0.178. The summed E-state index contributed by atoms with van der Waals surface area (Å²) in [7, 11) is 0. The first kappa shape index (κ1) is 7.16. The summed E-state index contributed by atoms with van der Waals surface area (Å²) >= 11 is 0. The molecule has 0 rings (SSSR count). The van der Waals surface area contributed by atoms with E-state index in [4.69, 9.17) is 5.73 Å². The highest BCUT2D eigenvalue weighted by molar-refractivity contribution is 4.44.